The summed E-state index contributed by atoms with van der Waals surface area (Å²) in [6, 6.07) is 0. The molecule has 0 atom stereocenters. The van der Waals surface area contributed by atoms with Gasteiger partial charge >= 0.3 is 5.97 Å². The number of rotatable bonds is 8. The van der Waals surface area contributed by atoms with Gasteiger partial charge in [-0.15, -0.1) is 0 Å². The summed E-state index contributed by atoms with van der Waals surface area (Å²) in [4.78, 5) is 10.8. The second kappa shape index (κ2) is 7.10. The molecule has 0 aliphatic rings. The number of nitrogens with two attached hydrogens (primary N) is 1. The van der Waals surface area contributed by atoms with Crippen molar-refractivity contribution in [2.75, 3.05) is 25.1 Å². The summed E-state index contributed by atoms with van der Waals surface area (Å²) in [7, 11) is -2.11. The van der Waals surface area contributed by atoms with E-state index in [1.54, 1.807) is 10.9 Å². The minimum absolute atomic E-state index is 0.0904. The zero-order valence-electron chi connectivity index (χ0n) is 10.7. The molecule has 0 bridgehead atoms. The SMILES string of the molecule is COC(=O)CCCS(=O)(=O)NCCn1cc(N)cn1. The molecule has 0 aliphatic heterocycles. The van der Waals surface area contributed by atoms with E-state index < -0.39 is 16.0 Å². The Hall–Kier alpha value is -1.61. The number of hydrogen-bond acceptors (Lipinski definition) is 6. The van der Waals surface area contributed by atoms with Gasteiger partial charge in [0, 0.05) is 19.2 Å². The van der Waals surface area contributed by atoms with Gasteiger partial charge < -0.3 is 10.5 Å². The highest BCUT2D eigenvalue weighted by atomic mass is 32.2. The van der Waals surface area contributed by atoms with Crippen LogP contribution in [0.25, 0.3) is 0 Å². The van der Waals surface area contributed by atoms with Crippen molar-refractivity contribution in [3.05, 3.63) is 12.4 Å². The van der Waals surface area contributed by atoms with Gasteiger partial charge in [-0.25, -0.2) is 13.1 Å². The number of anilines is 1. The molecule has 1 aromatic rings. The lowest BCUT2D eigenvalue weighted by Gasteiger charge is -2.06. The summed E-state index contributed by atoms with van der Waals surface area (Å²) >= 11 is 0. The Morgan fingerprint density at radius 2 is 2.32 bits per heavy atom. The average Bonchev–Trinajstić information content (AvgIpc) is 2.74. The first-order chi connectivity index (χ1) is 8.93. The lowest BCUT2D eigenvalue weighted by molar-refractivity contribution is -0.140. The van der Waals surface area contributed by atoms with Gasteiger partial charge in [0.25, 0.3) is 0 Å². The molecule has 1 aromatic heterocycles. The van der Waals surface area contributed by atoms with Crippen molar-refractivity contribution in [1.82, 2.24) is 14.5 Å². The van der Waals surface area contributed by atoms with Crippen molar-refractivity contribution in [3.63, 3.8) is 0 Å². The Balaban J connectivity index is 2.25. The fourth-order valence-corrected chi connectivity index (χ4v) is 2.47. The summed E-state index contributed by atoms with van der Waals surface area (Å²) in [6.45, 7) is 0.620. The minimum atomic E-state index is -3.38. The number of sulfonamides is 1. The molecule has 8 nitrogen and oxygen atoms in total. The molecule has 0 aliphatic carbocycles. The van der Waals surface area contributed by atoms with Gasteiger partial charge in [-0.2, -0.15) is 5.10 Å². The van der Waals surface area contributed by atoms with Crippen molar-refractivity contribution < 1.29 is 17.9 Å². The highest BCUT2D eigenvalue weighted by Crippen LogP contribution is 1.98. The predicted octanol–water partition coefficient (Wildman–Crippen LogP) is -0.662. The number of nitrogens with one attached hydrogen (secondary N) is 1. The van der Waals surface area contributed by atoms with Crippen molar-refractivity contribution in [1.29, 1.82) is 0 Å². The molecule has 0 spiro atoms. The molecule has 0 unspecified atom stereocenters. The predicted molar refractivity (Wildman–Crippen MR) is 69.7 cm³/mol. The number of hydrogen-bond donors (Lipinski definition) is 2. The molecule has 0 amide bonds. The van der Waals surface area contributed by atoms with Crippen LogP contribution in [0.3, 0.4) is 0 Å². The normalized spacial score (nSPS) is 11.4. The van der Waals surface area contributed by atoms with E-state index in [2.05, 4.69) is 14.6 Å². The Morgan fingerprint density at radius 3 is 2.89 bits per heavy atom. The lowest BCUT2D eigenvalue weighted by Crippen LogP contribution is -2.30. The van der Waals surface area contributed by atoms with Crippen LogP contribution in [0.15, 0.2) is 12.4 Å². The number of aromatic nitrogens is 2. The van der Waals surface area contributed by atoms with E-state index in [4.69, 9.17) is 5.73 Å². The summed E-state index contributed by atoms with van der Waals surface area (Å²) in [5, 5.41) is 3.93. The molecular formula is C10H18N4O4S. The number of nitrogen functional groups attached to an aromatic ring is 1. The zero-order valence-corrected chi connectivity index (χ0v) is 11.5. The maximum absolute atomic E-state index is 11.6. The Labute approximate surface area is 112 Å². The van der Waals surface area contributed by atoms with Gasteiger partial charge in [-0.1, -0.05) is 0 Å². The summed E-state index contributed by atoms with van der Waals surface area (Å²) in [5.41, 5.74) is 6.01. The summed E-state index contributed by atoms with van der Waals surface area (Å²) < 4.78 is 31.6. The quantitative estimate of drug-likeness (QED) is 0.614. The molecule has 1 heterocycles. The van der Waals surface area contributed by atoms with E-state index in [9.17, 15) is 13.2 Å². The van der Waals surface area contributed by atoms with E-state index in [1.165, 1.54) is 13.3 Å². The van der Waals surface area contributed by atoms with Crippen LogP contribution in [-0.4, -0.2) is 43.6 Å². The molecule has 9 heteroatoms. The van der Waals surface area contributed by atoms with E-state index >= 15 is 0 Å². The van der Waals surface area contributed by atoms with Crippen LogP contribution < -0.4 is 10.5 Å². The van der Waals surface area contributed by atoms with E-state index in [0.29, 0.717) is 12.2 Å². The molecule has 0 saturated carbocycles. The topological polar surface area (TPSA) is 116 Å². The van der Waals surface area contributed by atoms with Crippen molar-refractivity contribution >= 4 is 21.7 Å². The second-order valence-corrected chi connectivity index (χ2v) is 5.86. The summed E-state index contributed by atoms with van der Waals surface area (Å²) in [5.74, 6) is -0.522. The van der Waals surface area contributed by atoms with Crippen LogP contribution in [-0.2, 0) is 26.1 Å². The smallest absolute Gasteiger partial charge is 0.305 e. The maximum Gasteiger partial charge on any atom is 0.305 e. The van der Waals surface area contributed by atoms with Crippen molar-refractivity contribution in [2.45, 2.75) is 19.4 Å². The number of methoxy groups -OCH3 is 1. The Bertz CT molecular complexity index is 511. The van der Waals surface area contributed by atoms with Crippen LogP contribution >= 0.6 is 0 Å². The Kier molecular flexibility index (Phi) is 5.77. The van der Waals surface area contributed by atoms with Gasteiger partial charge in [0.2, 0.25) is 10.0 Å². The first-order valence-electron chi connectivity index (χ1n) is 5.75. The van der Waals surface area contributed by atoms with Gasteiger partial charge in [-0.05, 0) is 6.42 Å². The van der Waals surface area contributed by atoms with Crippen molar-refractivity contribution in [2.24, 2.45) is 0 Å². The minimum Gasteiger partial charge on any atom is -0.469 e. The maximum atomic E-state index is 11.6. The number of carbonyl (C=O) groups excluding carboxylic acids is 1. The number of nitrogens with zero attached hydrogens (tertiary/aromatic N) is 2. The standard InChI is InChI=1S/C10H18N4O4S/c1-18-10(15)3-2-6-19(16,17)13-4-5-14-8-9(11)7-12-14/h7-8,13H,2-6,11H2,1H3. The number of ether oxygens (including phenoxy) is 1. The van der Waals surface area contributed by atoms with Crippen LogP contribution in [0.1, 0.15) is 12.8 Å². The van der Waals surface area contributed by atoms with Crippen molar-refractivity contribution in [3.8, 4) is 0 Å². The molecule has 19 heavy (non-hydrogen) atoms. The van der Waals surface area contributed by atoms with Gasteiger partial charge in [-0.3, -0.25) is 9.48 Å². The molecule has 0 fully saturated rings. The molecule has 0 aromatic carbocycles. The molecule has 108 valence electrons. The van der Waals surface area contributed by atoms with Gasteiger partial charge in [0.1, 0.15) is 0 Å². The second-order valence-electron chi connectivity index (χ2n) is 3.93. The third-order valence-electron chi connectivity index (χ3n) is 2.34. The van der Waals surface area contributed by atoms with Crippen LogP contribution in [0, 0.1) is 0 Å². The number of esters is 1. The van der Waals surface area contributed by atoms with Crippen LogP contribution in [0.2, 0.25) is 0 Å². The molecule has 3 N–H and O–H groups in total. The van der Waals surface area contributed by atoms with Crippen LogP contribution in [0.4, 0.5) is 5.69 Å². The highest BCUT2D eigenvalue weighted by molar-refractivity contribution is 7.89. The van der Waals surface area contributed by atoms with E-state index in [1.807, 2.05) is 0 Å². The molecule has 0 saturated heterocycles. The van der Waals surface area contributed by atoms with Gasteiger partial charge in [0.05, 0.1) is 31.3 Å². The van der Waals surface area contributed by atoms with Crippen LogP contribution in [0.5, 0.6) is 0 Å². The third-order valence-corrected chi connectivity index (χ3v) is 3.81. The first-order valence-corrected chi connectivity index (χ1v) is 7.40. The fraction of sp³-hybridized carbons (Fsp3) is 0.600. The van der Waals surface area contributed by atoms with E-state index in [0.717, 1.165) is 0 Å². The van der Waals surface area contributed by atoms with Gasteiger partial charge in [0.15, 0.2) is 0 Å². The highest BCUT2D eigenvalue weighted by Gasteiger charge is 2.11. The largest absolute Gasteiger partial charge is 0.469 e. The summed E-state index contributed by atoms with van der Waals surface area (Å²) in [6.07, 6.45) is 3.43. The average molecular weight is 290 g/mol. The first kappa shape index (κ1) is 15.4. The fourth-order valence-electron chi connectivity index (χ4n) is 1.40. The molecular weight excluding hydrogens is 272 g/mol. The monoisotopic (exact) mass is 290 g/mol. The molecule has 0 radical (unpaired) electrons. The lowest BCUT2D eigenvalue weighted by atomic mass is 10.3. The third kappa shape index (κ3) is 6.20. The van der Waals surface area contributed by atoms with E-state index in [-0.39, 0.29) is 25.1 Å². The Morgan fingerprint density at radius 1 is 1.58 bits per heavy atom. The molecule has 1 rings (SSSR count). The number of carbonyl (C=O) groups is 1. The zero-order chi connectivity index (χ0) is 14.3.